The van der Waals surface area contributed by atoms with Crippen LogP contribution in [0.2, 0.25) is 5.02 Å². The summed E-state index contributed by atoms with van der Waals surface area (Å²) in [5, 5.41) is 0.642. The van der Waals surface area contributed by atoms with Crippen molar-refractivity contribution in [1.29, 1.82) is 0 Å². The quantitative estimate of drug-likeness (QED) is 0.694. The van der Waals surface area contributed by atoms with Gasteiger partial charge < -0.3 is 9.40 Å². The van der Waals surface area contributed by atoms with Gasteiger partial charge >= 0.3 is 0 Å². The topological polar surface area (TPSA) is 41.8 Å². The smallest absolute Gasteiger partial charge is 0.174 e. The summed E-state index contributed by atoms with van der Waals surface area (Å²) in [5.41, 5.74) is 1.68. The standard InChI is InChI=1S/C12H9ClN2O/c1-7-5-6-10(16-7)12-14-9-4-2-3-8(13)11(9)15-12/h2-6H,1H3,(H,14,15). The van der Waals surface area contributed by atoms with Crippen molar-refractivity contribution >= 4 is 22.6 Å². The van der Waals surface area contributed by atoms with E-state index in [0.717, 1.165) is 22.6 Å². The summed E-state index contributed by atoms with van der Waals surface area (Å²) in [7, 11) is 0. The Kier molecular flexibility index (Phi) is 2.01. The van der Waals surface area contributed by atoms with Crippen LogP contribution in [0.5, 0.6) is 0 Å². The van der Waals surface area contributed by atoms with Crippen molar-refractivity contribution in [2.24, 2.45) is 0 Å². The van der Waals surface area contributed by atoms with Crippen molar-refractivity contribution in [2.75, 3.05) is 0 Å². The van der Waals surface area contributed by atoms with E-state index in [1.807, 2.05) is 37.3 Å². The zero-order valence-electron chi connectivity index (χ0n) is 8.62. The number of nitrogens with zero attached hydrogens (tertiary/aromatic N) is 1. The van der Waals surface area contributed by atoms with E-state index in [2.05, 4.69) is 9.97 Å². The number of aromatic nitrogens is 2. The Balaban J connectivity index is 2.22. The van der Waals surface area contributed by atoms with Gasteiger partial charge in [0.1, 0.15) is 11.3 Å². The fraction of sp³-hybridized carbons (Fsp3) is 0.0833. The van der Waals surface area contributed by atoms with E-state index >= 15 is 0 Å². The van der Waals surface area contributed by atoms with Gasteiger partial charge in [-0.25, -0.2) is 4.98 Å². The molecule has 1 aromatic carbocycles. The lowest BCUT2D eigenvalue weighted by molar-refractivity contribution is 0.545. The van der Waals surface area contributed by atoms with Gasteiger partial charge in [-0.05, 0) is 31.2 Å². The molecule has 0 aliphatic rings. The van der Waals surface area contributed by atoms with Crippen LogP contribution in [0.15, 0.2) is 34.7 Å². The number of hydrogen-bond donors (Lipinski definition) is 1. The van der Waals surface area contributed by atoms with E-state index in [0.29, 0.717) is 10.8 Å². The van der Waals surface area contributed by atoms with E-state index in [-0.39, 0.29) is 0 Å². The molecule has 16 heavy (non-hydrogen) atoms. The minimum Gasteiger partial charge on any atom is -0.458 e. The van der Waals surface area contributed by atoms with E-state index in [1.54, 1.807) is 0 Å². The highest BCUT2D eigenvalue weighted by Crippen LogP contribution is 2.26. The minimum atomic E-state index is 0.642. The molecule has 0 saturated heterocycles. The number of nitrogens with one attached hydrogen (secondary N) is 1. The zero-order chi connectivity index (χ0) is 11.1. The highest BCUT2D eigenvalue weighted by Gasteiger charge is 2.10. The summed E-state index contributed by atoms with van der Waals surface area (Å²) in [6, 6.07) is 9.44. The number of rotatable bonds is 1. The van der Waals surface area contributed by atoms with Crippen molar-refractivity contribution in [3.05, 3.63) is 41.1 Å². The molecule has 0 aliphatic heterocycles. The van der Waals surface area contributed by atoms with Crippen LogP contribution >= 0.6 is 11.6 Å². The monoisotopic (exact) mass is 232 g/mol. The van der Waals surface area contributed by atoms with Crippen molar-refractivity contribution in [3.8, 4) is 11.6 Å². The third kappa shape index (κ3) is 1.41. The molecular formula is C12H9ClN2O. The van der Waals surface area contributed by atoms with E-state index < -0.39 is 0 Å². The third-order valence-corrected chi connectivity index (χ3v) is 2.74. The summed E-state index contributed by atoms with van der Waals surface area (Å²) < 4.78 is 5.50. The normalized spacial score (nSPS) is 11.1. The molecule has 0 spiro atoms. The van der Waals surface area contributed by atoms with E-state index in [1.165, 1.54) is 0 Å². The Labute approximate surface area is 97.1 Å². The second kappa shape index (κ2) is 3.39. The Bertz CT molecular complexity index is 654. The molecule has 0 saturated carbocycles. The molecule has 80 valence electrons. The van der Waals surface area contributed by atoms with Gasteiger partial charge in [0.15, 0.2) is 11.6 Å². The first-order chi connectivity index (χ1) is 7.74. The number of hydrogen-bond acceptors (Lipinski definition) is 2. The molecule has 2 heterocycles. The molecule has 2 aromatic heterocycles. The first-order valence-electron chi connectivity index (χ1n) is 4.95. The first-order valence-corrected chi connectivity index (χ1v) is 5.33. The maximum absolute atomic E-state index is 6.05. The molecule has 0 fully saturated rings. The van der Waals surface area contributed by atoms with Gasteiger partial charge in [0, 0.05) is 0 Å². The molecule has 0 atom stereocenters. The highest BCUT2D eigenvalue weighted by atomic mass is 35.5. The summed E-state index contributed by atoms with van der Waals surface area (Å²) in [6.45, 7) is 1.90. The second-order valence-corrected chi connectivity index (χ2v) is 4.04. The van der Waals surface area contributed by atoms with Crippen molar-refractivity contribution in [2.45, 2.75) is 6.92 Å². The number of imidazole rings is 1. The van der Waals surface area contributed by atoms with Gasteiger partial charge in [0.2, 0.25) is 0 Å². The Morgan fingerprint density at radius 2 is 2.12 bits per heavy atom. The predicted octanol–water partition coefficient (Wildman–Crippen LogP) is 3.78. The van der Waals surface area contributed by atoms with E-state index in [9.17, 15) is 0 Å². The van der Waals surface area contributed by atoms with Crippen LogP contribution in [0.25, 0.3) is 22.6 Å². The van der Waals surface area contributed by atoms with Crippen LogP contribution in [0, 0.1) is 6.92 Å². The minimum absolute atomic E-state index is 0.642. The van der Waals surface area contributed by atoms with Crippen LogP contribution in [0.4, 0.5) is 0 Å². The number of fused-ring (bicyclic) bond motifs is 1. The van der Waals surface area contributed by atoms with Crippen LogP contribution in [0.1, 0.15) is 5.76 Å². The number of furan rings is 1. The van der Waals surface area contributed by atoms with Gasteiger partial charge in [-0.2, -0.15) is 0 Å². The number of aryl methyl sites for hydroxylation is 1. The average molecular weight is 233 g/mol. The molecule has 3 rings (SSSR count). The van der Waals surface area contributed by atoms with E-state index in [4.69, 9.17) is 16.0 Å². The van der Waals surface area contributed by atoms with Crippen molar-refractivity contribution in [1.82, 2.24) is 9.97 Å². The Morgan fingerprint density at radius 1 is 1.25 bits per heavy atom. The van der Waals surface area contributed by atoms with Crippen LogP contribution in [0.3, 0.4) is 0 Å². The maximum Gasteiger partial charge on any atom is 0.174 e. The average Bonchev–Trinajstić information content (AvgIpc) is 2.84. The zero-order valence-corrected chi connectivity index (χ0v) is 9.38. The number of para-hydroxylation sites is 1. The second-order valence-electron chi connectivity index (χ2n) is 3.63. The molecule has 4 heteroatoms. The highest BCUT2D eigenvalue weighted by molar-refractivity contribution is 6.34. The lowest BCUT2D eigenvalue weighted by Crippen LogP contribution is -1.74. The van der Waals surface area contributed by atoms with Gasteiger partial charge in [-0.1, -0.05) is 17.7 Å². The van der Waals surface area contributed by atoms with Gasteiger partial charge in [-0.15, -0.1) is 0 Å². The van der Waals surface area contributed by atoms with Crippen LogP contribution in [-0.4, -0.2) is 9.97 Å². The molecule has 0 unspecified atom stereocenters. The molecule has 1 N–H and O–H groups in total. The summed E-state index contributed by atoms with van der Waals surface area (Å²) in [4.78, 5) is 7.59. The molecule has 0 amide bonds. The fourth-order valence-corrected chi connectivity index (χ4v) is 1.89. The van der Waals surface area contributed by atoms with Gasteiger partial charge in [0.05, 0.1) is 10.5 Å². The van der Waals surface area contributed by atoms with Crippen LogP contribution in [-0.2, 0) is 0 Å². The van der Waals surface area contributed by atoms with Crippen molar-refractivity contribution < 1.29 is 4.42 Å². The summed E-state index contributed by atoms with van der Waals surface area (Å²) >= 11 is 6.05. The summed E-state index contributed by atoms with van der Waals surface area (Å²) in [5.74, 6) is 2.29. The lowest BCUT2D eigenvalue weighted by Gasteiger charge is -1.88. The van der Waals surface area contributed by atoms with Crippen LogP contribution < -0.4 is 0 Å². The molecule has 3 nitrogen and oxygen atoms in total. The fourth-order valence-electron chi connectivity index (χ4n) is 1.68. The molecule has 0 radical (unpaired) electrons. The lowest BCUT2D eigenvalue weighted by atomic mass is 10.3. The molecule has 3 aromatic rings. The predicted molar refractivity (Wildman–Crippen MR) is 63.5 cm³/mol. The third-order valence-electron chi connectivity index (χ3n) is 2.44. The Hall–Kier alpha value is -1.74. The van der Waals surface area contributed by atoms with Gasteiger partial charge in [0.25, 0.3) is 0 Å². The Morgan fingerprint density at radius 3 is 2.81 bits per heavy atom. The first kappa shape index (κ1) is 9.48. The van der Waals surface area contributed by atoms with Crippen molar-refractivity contribution in [3.63, 3.8) is 0 Å². The molecular weight excluding hydrogens is 224 g/mol. The number of halogens is 1. The number of H-pyrrole nitrogens is 1. The molecule has 0 bridgehead atoms. The molecule has 0 aliphatic carbocycles. The van der Waals surface area contributed by atoms with Gasteiger partial charge in [-0.3, -0.25) is 0 Å². The summed E-state index contributed by atoms with van der Waals surface area (Å²) in [6.07, 6.45) is 0. The SMILES string of the molecule is Cc1ccc(-c2nc3c(Cl)cccc3[nH]2)o1. The largest absolute Gasteiger partial charge is 0.458 e. The number of aromatic amines is 1. The number of benzene rings is 1. The maximum atomic E-state index is 6.05.